The monoisotopic (exact) mass is 562 g/mol. The van der Waals surface area contributed by atoms with Crippen molar-refractivity contribution in [3.8, 4) is 5.75 Å². The van der Waals surface area contributed by atoms with Crippen molar-refractivity contribution >= 4 is 27.3 Å². The van der Waals surface area contributed by atoms with E-state index in [1.54, 1.807) is 17.0 Å². The highest BCUT2D eigenvalue weighted by atomic mass is 32.2. The number of rotatable bonds is 8. The van der Waals surface area contributed by atoms with Crippen molar-refractivity contribution in [2.75, 3.05) is 50.4 Å². The number of ether oxygens (including phenoxy) is 1. The third-order valence-electron chi connectivity index (χ3n) is 6.41. The SMILES string of the molecule is COc1ccccc1CNc1ccc(C(=O)N2CCN(C)CC2)cc1S(=O)(=O)Nc1cccc(C(F)(F)F)c1. The summed E-state index contributed by atoms with van der Waals surface area (Å²) in [5, 5.41) is 3.07. The van der Waals surface area contributed by atoms with Gasteiger partial charge in [-0.3, -0.25) is 9.52 Å². The third-order valence-corrected chi connectivity index (χ3v) is 7.83. The van der Waals surface area contributed by atoms with Gasteiger partial charge in [0, 0.05) is 49.5 Å². The molecular formula is C27H29F3N4O4S. The van der Waals surface area contributed by atoms with Crippen LogP contribution in [0.15, 0.2) is 71.6 Å². The molecule has 1 amide bonds. The molecule has 0 atom stereocenters. The van der Waals surface area contributed by atoms with Crippen molar-refractivity contribution in [2.45, 2.75) is 17.6 Å². The lowest BCUT2D eigenvalue weighted by molar-refractivity contribution is -0.137. The number of anilines is 2. The molecule has 39 heavy (non-hydrogen) atoms. The average Bonchev–Trinajstić information content (AvgIpc) is 2.91. The molecule has 1 saturated heterocycles. The number of piperazine rings is 1. The Morgan fingerprint density at radius 3 is 2.38 bits per heavy atom. The van der Waals surface area contributed by atoms with Gasteiger partial charge in [0.2, 0.25) is 0 Å². The number of methoxy groups -OCH3 is 1. The third kappa shape index (κ3) is 6.82. The number of hydrogen-bond donors (Lipinski definition) is 2. The van der Waals surface area contributed by atoms with Crippen LogP contribution in [-0.2, 0) is 22.7 Å². The van der Waals surface area contributed by atoms with Crippen LogP contribution in [-0.4, -0.2) is 64.5 Å². The van der Waals surface area contributed by atoms with Crippen molar-refractivity contribution in [1.82, 2.24) is 9.80 Å². The number of likely N-dealkylation sites (N-methyl/N-ethyl adjacent to an activating group) is 1. The van der Waals surface area contributed by atoms with E-state index >= 15 is 0 Å². The van der Waals surface area contributed by atoms with Crippen molar-refractivity contribution in [3.05, 3.63) is 83.4 Å². The Labute approximate surface area is 225 Å². The fourth-order valence-electron chi connectivity index (χ4n) is 4.22. The first-order valence-corrected chi connectivity index (χ1v) is 13.6. The predicted octanol–water partition coefficient (Wildman–Crippen LogP) is 4.51. The number of carbonyl (C=O) groups is 1. The predicted molar refractivity (Wildman–Crippen MR) is 142 cm³/mol. The fraction of sp³-hybridized carbons (Fsp3) is 0.296. The van der Waals surface area contributed by atoms with Gasteiger partial charge in [0.05, 0.1) is 18.4 Å². The van der Waals surface area contributed by atoms with Gasteiger partial charge in [-0.15, -0.1) is 0 Å². The van der Waals surface area contributed by atoms with Gasteiger partial charge in [-0.2, -0.15) is 13.2 Å². The highest BCUT2D eigenvalue weighted by Crippen LogP contribution is 2.32. The largest absolute Gasteiger partial charge is 0.496 e. The van der Waals surface area contributed by atoms with Crippen molar-refractivity contribution in [1.29, 1.82) is 0 Å². The number of hydrogen-bond acceptors (Lipinski definition) is 6. The van der Waals surface area contributed by atoms with Gasteiger partial charge in [-0.1, -0.05) is 24.3 Å². The van der Waals surface area contributed by atoms with E-state index in [9.17, 15) is 26.4 Å². The van der Waals surface area contributed by atoms with E-state index in [4.69, 9.17) is 4.74 Å². The zero-order valence-corrected chi connectivity index (χ0v) is 22.3. The Balaban J connectivity index is 1.69. The minimum Gasteiger partial charge on any atom is -0.496 e. The Kier molecular flexibility index (Phi) is 8.36. The van der Waals surface area contributed by atoms with Crippen LogP contribution in [0.1, 0.15) is 21.5 Å². The van der Waals surface area contributed by atoms with E-state index in [-0.39, 0.29) is 34.3 Å². The van der Waals surface area contributed by atoms with Crippen LogP contribution in [0.2, 0.25) is 0 Å². The molecule has 0 radical (unpaired) electrons. The Hall–Kier alpha value is -3.77. The van der Waals surface area contributed by atoms with Gasteiger partial charge < -0.3 is 19.9 Å². The zero-order chi connectivity index (χ0) is 28.2. The quantitative estimate of drug-likeness (QED) is 0.420. The number of para-hydroxylation sites is 1. The molecule has 2 N–H and O–H groups in total. The highest BCUT2D eigenvalue weighted by molar-refractivity contribution is 7.92. The lowest BCUT2D eigenvalue weighted by atomic mass is 10.1. The second-order valence-electron chi connectivity index (χ2n) is 9.16. The molecule has 0 spiro atoms. The lowest BCUT2D eigenvalue weighted by Gasteiger charge is -2.32. The van der Waals surface area contributed by atoms with E-state index in [1.165, 1.54) is 31.4 Å². The Morgan fingerprint density at radius 2 is 1.69 bits per heavy atom. The van der Waals surface area contributed by atoms with Crippen LogP contribution in [0.25, 0.3) is 0 Å². The number of carbonyl (C=O) groups excluding carboxylic acids is 1. The first-order chi connectivity index (χ1) is 18.5. The van der Waals surface area contributed by atoms with Gasteiger partial charge in [-0.25, -0.2) is 8.42 Å². The van der Waals surface area contributed by atoms with Crippen LogP contribution >= 0.6 is 0 Å². The molecule has 1 aliphatic heterocycles. The molecular weight excluding hydrogens is 533 g/mol. The molecule has 208 valence electrons. The average molecular weight is 563 g/mol. The smallest absolute Gasteiger partial charge is 0.416 e. The van der Waals surface area contributed by atoms with Crippen molar-refractivity contribution < 1.29 is 31.1 Å². The number of benzene rings is 3. The summed E-state index contributed by atoms with van der Waals surface area (Å²) < 4.78 is 74.3. The molecule has 3 aromatic rings. The van der Waals surface area contributed by atoms with Crippen LogP contribution in [0, 0.1) is 0 Å². The number of sulfonamides is 1. The van der Waals surface area contributed by atoms with E-state index in [0.717, 1.165) is 23.8 Å². The van der Waals surface area contributed by atoms with E-state index < -0.39 is 21.8 Å². The molecule has 0 aromatic heterocycles. The first-order valence-electron chi connectivity index (χ1n) is 12.2. The zero-order valence-electron chi connectivity index (χ0n) is 21.5. The number of halogens is 3. The summed E-state index contributed by atoms with van der Waals surface area (Å²) in [6.07, 6.45) is -4.64. The molecule has 1 aliphatic rings. The summed E-state index contributed by atoms with van der Waals surface area (Å²) in [4.78, 5) is 16.7. The van der Waals surface area contributed by atoms with E-state index in [1.807, 2.05) is 19.2 Å². The summed E-state index contributed by atoms with van der Waals surface area (Å²) in [5.74, 6) is 0.272. The van der Waals surface area contributed by atoms with E-state index in [2.05, 4.69) is 14.9 Å². The lowest BCUT2D eigenvalue weighted by Crippen LogP contribution is -2.47. The fourth-order valence-corrected chi connectivity index (χ4v) is 5.48. The molecule has 4 rings (SSSR count). The normalized spacial score (nSPS) is 14.6. The van der Waals surface area contributed by atoms with Gasteiger partial charge in [0.15, 0.2) is 0 Å². The maximum atomic E-state index is 13.5. The second kappa shape index (κ2) is 11.5. The molecule has 3 aromatic carbocycles. The molecule has 0 saturated carbocycles. The molecule has 0 unspecified atom stereocenters. The number of nitrogens with zero attached hydrogens (tertiary/aromatic N) is 2. The van der Waals surface area contributed by atoms with E-state index in [0.29, 0.717) is 31.9 Å². The van der Waals surface area contributed by atoms with Crippen molar-refractivity contribution in [3.63, 3.8) is 0 Å². The molecule has 0 bridgehead atoms. The summed E-state index contributed by atoms with van der Waals surface area (Å²) in [7, 11) is -0.939. The Bertz CT molecular complexity index is 1440. The topological polar surface area (TPSA) is 91.0 Å². The number of nitrogens with one attached hydrogen (secondary N) is 2. The summed E-state index contributed by atoms with van der Waals surface area (Å²) in [5.41, 5.74) is -0.151. The standard InChI is InChI=1S/C27H29F3N4O4S/c1-33-12-14-34(15-13-33)26(35)19-10-11-23(31-18-20-6-3-4-9-24(20)38-2)25(16-19)39(36,37)32-22-8-5-7-21(17-22)27(28,29)30/h3-11,16-17,31-32H,12-15,18H2,1-2H3. The maximum Gasteiger partial charge on any atom is 0.416 e. The van der Waals surface area contributed by atoms with Crippen LogP contribution in [0.3, 0.4) is 0 Å². The number of alkyl halides is 3. The molecule has 12 heteroatoms. The summed E-state index contributed by atoms with van der Waals surface area (Å²) in [6.45, 7) is 2.56. The second-order valence-corrected chi connectivity index (χ2v) is 10.8. The molecule has 1 fully saturated rings. The van der Waals surface area contributed by atoms with Crippen LogP contribution in [0.4, 0.5) is 24.5 Å². The minimum absolute atomic E-state index is 0.159. The number of amides is 1. The minimum atomic E-state index is -4.64. The highest BCUT2D eigenvalue weighted by Gasteiger charge is 2.31. The van der Waals surface area contributed by atoms with Crippen LogP contribution in [0.5, 0.6) is 5.75 Å². The van der Waals surface area contributed by atoms with Gasteiger partial charge in [0.25, 0.3) is 15.9 Å². The van der Waals surface area contributed by atoms with Crippen LogP contribution < -0.4 is 14.8 Å². The van der Waals surface area contributed by atoms with Gasteiger partial charge in [0.1, 0.15) is 10.6 Å². The Morgan fingerprint density at radius 1 is 0.974 bits per heavy atom. The van der Waals surface area contributed by atoms with Crippen molar-refractivity contribution in [2.24, 2.45) is 0 Å². The molecule has 1 heterocycles. The summed E-state index contributed by atoms with van der Waals surface area (Å²) >= 11 is 0. The molecule has 8 nitrogen and oxygen atoms in total. The van der Waals surface area contributed by atoms with Gasteiger partial charge in [-0.05, 0) is 49.5 Å². The summed E-state index contributed by atoms with van der Waals surface area (Å²) in [6, 6.07) is 15.4. The van der Waals surface area contributed by atoms with Gasteiger partial charge >= 0.3 is 6.18 Å². The maximum absolute atomic E-state index is 13.5. The molecule has 0 aliphatic carbocycles. The first kappa shape index (κ1) is 28.2.